The number of aliphatic hydroxyl groups is 1. The van der Waals surface area contributed by atoms with Crippen LogP contribution in [0.25, 0.3) is 0 Å². The Balaban J connectivity index is 2.07. The van der Waals surface area contributed by atoms with Crippen molar-refractivity contribution in [3.05, 3.63) is 59.7 Å². The molecule has 0 aliphatic carbocycles. The van der Waals surface area contributed by atoms with E-state index in [-0.39, 0.29) is 6.54 Å². The Bertz CT molecular complexity index is 617. The van der Waals surface area contributed by atoms with Crippen LogP contribution in [0.5, 0.6) is 0 Å². The fourth-order valence-electron chi connectivity index (χ4n) is 2.06. The minimum Gasteiger partial charge on any atom is -0.387 e. The average molecular weight is 292 g/mol. The molecule has 1 unspecified atom stereocenters. The van der Waals surface area contributed by atoms with Gasteiger partial charge in [0.2, 0.25) is 0 Å². The number of aliphatic hydroxyl groups excluding tert-OH is 1. The van der Waals surface area contributed by atoms with Crippen molar-refractivity contribution in [2.75, 3.05) is 30.9 Å². The highest BCUT2D eigenvalue weighted by molar-refractivity contribution is 5.69. The van der Waals surface area contributed by atoms with Crippen molar-refractivity contribution in [1.82, 2.24) is 0 Å². The van der Waals surface area contributed by atoms with E-state index in [9.17, 15) is 13.9 Å². The molecule has 0 fully saturated rings. The molecule has 5 heteroatoms. The summed E-state index contributed by atoms with van der Waals surface area (Å²) in [5.74, 6) is -1.88. The normalized spacial score (nSPS) is 12.0. The van der Waals surface area contributed by atoms with Crippen molar-refractivity contribution in [3.63, 3.8) is 0 Å². The minimum atomic E-state index is -0.958. The third-order valence-corrected chi connectivity index (χ3v) is 3.20. The molecule has 2 N–H and O–H groups in total. The highest BCUT2D eigenvalue weighted by Crippen LogP contribution is 2.24. The van der Waals surface area contributed by atoms with Gasteiger partial charge in [-0.1, -0.05) is 18.2 Å². The SMILES string of the molecule is CN(C)c1ccccc1NCC(O)c1ccc(F)c(F)c1. The summed E-state index contributed by atoms with van der Waals surface area (Å²) in [6.45, 7) is 0.204. The molecule has 1 atom stereocenters. The monoisotopic (exact) mass is 292 g/mol. The summed E-state index contributed by atoms with van der Waals surface area (Å²) in [5, 5.41) is 13.2. The molecule has 0 bridgehead atoms. The summed E-state index contributed by atoms with van der Waals surface area (Å²) in [6.07, 6.45) is -0.921. The van der Waals surface area contributed by atoms with Crippen molar-refractivity contribution >= 4 is 11.4 Å². The maximum absolute atomic E-state index is 13.2. The van der Waals surface area contributed by atoms with Gasteiger partial charge in [0.05, 0.1) is 17.5 Å². The Hall–Kier alpha value is -2.14. The van der Waals surface area contributed by atoms with Gasteiger partial charge < -0.3 is 15.3 Å². The van der Waals surface area contributed by atoms with Crippen molar-refractivity contribution in [3.8, 4) is 0 Å². The highest BCUT2D eigenvalue weighted by atomic mass is 19.2. The first-order chi connectivity index (χ1) is 9.99. The van der Waals surface area contributed by atoms with E-state index in [1.54, 1.807) is 0 Å². The van der Waals surface area contributed by atoms with E-state index >= 15 is 0 Å². The van der Waals surface area contributed by atoms with Crippen LogP contribution in [0.4, 0.5) is 20.2 Å². The van der Waals surface area contributed by atoms with E-state index in [4.69, 9.17) is 0 Å². The number of nitrogens with zero attached hydrogens (tertiary/aromatic N) is 1. The predicted molar refractivity (Wildman–Crippen MR) is 80.6 cm³/mol. The van der Waals surface area contributed by atoms with Crippen LogP contribution in [0.1, 0.15) is 11.7 Å². The molecule has 21 heavy (non-hydrogen) atoms. The second-order valence-electron chi connectivity index (χ2n) is 4.98. The third-order valence-electron chi connectivity index (χ3n) is 3.20. The van der Waals surface area contributed by atoms with E-state index in [2.05, 4.69) is 5.32 Å². The van der Waals surface area contributed by atoms with Crippen molar-refractivity contribution < 1.29 is 13.9 Å². The molecular formula is C16H18F2N2O. The van der Waals surface area contributed by atoms with Crippen LogP contribution < -0.4 is 10.2 Å². The summed E-state index contributed by atoms with van der Waals surface area (Å²) in [6, 6.07) is 11.1. The van der Waals surface area contributed by atoms with E-state index in [1.165, 1.54) is 6.07 Å². The molecule has 0 saturated heterocycles. The molecule has 3 nitrogen and oxygen atoms in total. The van der Waals surface area contributed by atoms with E-state index < -0.39 is 17.7 Å². The fourth-order valence-corrected chi connectivity index (χ4v) is 2.06. The Kier molecular flexibility index (Phi) is 4.75. The molecule has 2 aromatic rings. The van der Waals surface area contributed by atoms with Crippen molar-refractivity contribution in [2.45, 2.75) is 6.10 Å². The summed E-state index contributed by atoms with van der Waals surface area (Å²) in [7, 11) is 3.85. The lowest BCUT2D eigenvalue weighted by atomic mass is 10.1. The van der Waals surface area contributed by atoms with Crippen LogP contribution in [0, 0.1) is 11.6 Å². The van der Waals surface area contributed by atoms with E-state index in [0.29, 0.717) is 5.56 Å². The maximum atomic E-state index is 13.2. The Labute approximate surface area is 122 Å². The molecule has 112 valence electrons. The zero-order chi connectivity index (χ0) is 15.4. The molecule has 0 saturated carbocycles. The van der Waals surface area contributed by atoms with Crippen LogP contribution in [0.2, 0.25) is 0 Å². The molecule has 0 radical (unpaired) electrons. The quantitative estimate of drug-likeness (QED) is 0.888. The topological polar surface area (TPSA) is 35.5 Å². The number of hydrogen-bond acceptors (Lipinski definition) is 3. The number of hydrogen-bond donors (Lipinski definition) is 2. The van der Waals surface area contributed by atoms with Gasteiger partial charge in [-0.25, -0.2) is 8.78 Å². The van der Waals surface area contributed by atoms with Gasteiger partial charge in [0.1, 0.15) is 0 Å². The summed E-state index contributed by atoms with van der Waals surface area (Å²) in [4.78, 5) is 1.95. The second-order valence-corrected chi connectivity index (χ2v) is 4.98. The van der Waals surface area contributed by atoms with Gasteiger partial charge in [0.25, 0.3) is 0 Å². The van der Waals surface area contributed by atoms with Gasteiger partial charge >= 0.3 is 0 Å². The lowest BCUT2D eigenvalue weighted by molar-refractivity contribution is 0.191. The van der Waals surface area contributed by atoms with Crippen LogP contribution in [-0.2, 0) is 0 Å². The first-order valence-corrected chi connectivity index (χ1v) is 6.62. The maximum Gasteiger partial charge on any atom is 0.159 e. The number of anilines is 2. The van der Waals surface area contributed by atoms with Crippen LogP contribution in [0.15, 0.2) is 42.5 Å². The highest BCUT2D eigenvalue weighted by Gasteiger charge is 2.12. The summed E-state index contributed by atoms with van der Waals surface area (Å²) >= 11 is 0. The van der Waals surface area contributed by atoms with E-state index in [1.807, 2.05) is 43.3 Å². The van der Waals surface area contributed by atoms with Gasteiger partial charge in [-0.2, -0.15) is 0 Å². The molecule has 0 aliphatic rings. The molecule has 0 spiro atoms. The van der Waals surface area contributed by atoms with Gasteiger partial charge in [-0.15, -0.1) is 0 Å². The average Bonchev–Trinajstić information content (AvgIpc) is 2.47. The van der Waals surface area contributed by atoms with Crippen LogP contribution in [0.3, 0.4) is 0 Å². The first kappa shape index (κ1) is 15.3. The van der Waals surface area contributed by atoms with Gasteiger partial charge in [-0.05, 0) is 29.8 Å². The van der Waals surface area contributed by atoms with E-state index in [0.717, 1.165) is 23.5 Å². The fraction of sp³-hybridized carbons (Fsp3) is 0.250. The Morgan fingerprint density at radius 3 is 2.48 bits per heavy atom. The molecule has 0 aromatic heterocycles. The molecule has 2 rings (SSSR count). The first-order valence-electron chi connectivity index (χ1n) is 6.62. The number of para-hydroxylation sites is 2. The van der Waals surface area contributed by atoms with Crippen molar-refractivity contribution in [1.29, 1.82) is 0 Å². The smallest absolute Gasteiger partial charge is 0.159 e. The predicted octanol–water partition coefficient (Wildman–Crippen LogP) is 3.18. The molecule has 0 amide bonds. The number of halogens is 2. The minimum absolute atomic E-state index is 0.204. The number of benzene rings is 2. The third kappa shape index (κ3) is 3.70. The lowest BCUT2D eigenvalue weighted by Gasteiger charge is -2.20. The Morgan fingerprint density at radius 2 is 1.81 bits per heavy atom. The van der Waals surface area contributed by atoms with Gasteiger partial charge in [0, 0.05) is 20.6 Å². The molecule has 2 aromatic carbocycles. The second kappa shape index (κ2) is 6.54. The summed E-state index contributed by atoms with van der Waals surface area (Å²) in [5.41, 5.74) is 2.18. The lowest BCUT2D eigenvalue weighted by Crippen LogP contribution is -2.16. The zero-order valence-corrected chi connectivity index (χ0v) is 12.0. The van der Waals surface area contributed by atoms with Crippen LogP contribution >= 0.6 is 0 Å². The molecular weight excluding hydrogens is 274 g/mol. The summed E-state index contributed by atoms with van der Waals surface area (Å²) < 4.78 is 26.0. The zero-order valence-electron chi connectivity index (χ0n) is 12.0. The van der Waals surface area contributed by atoms with Gasteiger partial charge in [0.15, 0.2) is 11.6 Å². The van der Waals surface area contributed by atoms with Gasteiger partial charge in [-0.3, -0.25) is 0 Å². The largest absolute Gasteiger partial charge is 0.387 e. The van der Waals surface area contributed by atoms with Crippen LogP contribution in [-0.4, -0.2) is 25.7 Å². The van der Waals surface area contributed by atoms with Crippen molar-refractivity contribution in [2.24, 2.45) is 0 Å². The number of nitrogens with one attached hydrogen (secondary N) is 1. The molecule has 0 aliphatic heterocycles. The number of rotatable bonds is 5. The standard InChI is InChI=1S/C16H18F2N2O/c1-20(2)15-6-4-3-5-14(15)19-10-16(21)11-7-8-12(17)13(18)9-11/h3-9,16,19,21H,10H2,1-2H3. The molecule has 0 heterocycles. The Morgan fingerprint density at radius 1 is 1.10 bits per heavy atom.